The van der Waals surface area contributed by atoms with Crippen molar-refractivity contribution in [1.29, 1.82) is 0 Å². The van der Waals surface area contributed by atoms with Crippen molar-refractivity contribution in [3.05, 3.63) is 88.2 Å². The summed E-state index contributed by atoms with van der Waals surface area (Å²) in [5.74, 6) is 0.695. The number of carbonyl (C=O) groups is 1. The van der Waals surface area contributed by atoms with E-state index in [2.05, 4.69) is 22.2 Å². The van der Waals surface area contributed by atoms with Gasteiger partial charge in [-0.2, -0.15) is 4.68 Å². The molecule has 2 heterocycles. The molecular formula is C25H28N4O2. The van der Waals surface area contributed by atoms with Crippen LogP contribution in [0.3, 0.4) is 0 Å². The summed E-state index contributed by atoms with van der Waals surface area (Å²) >= 11 is 0. The molecule has 0 aliphatic carbocycles. The first-order valence-corrected chi connectivity index (χ1v) is 10.9. The van der Waals surface area contributed by atoms with Gasteiger partial charge in [0.2, 0.25) is 5.91 Å². The third kappa shape index (κ3) is 5.02. The van der Waals surface area contributed by atoms with Crippen LogP contribution in [0.25, 0.3) is 5.69 Å². The number of aryl methyl sites for hydroxylation is 1. The van der Waals surface area contributed by atoms with Gasteiger partial charge in [-0.05, 0) is 48.6 Å². The number of piperidine rings is 1. The predicted molar refractivity (Wildman–Crippen MR) is 122 cm³/mol. The van der Waals surface area contributed by atoms with Crippen LogP contribution in [-0.2, 0) is 17.8 Å². The van der Waals surface area contributed by atoms with E-state index in [-0.39, 0.29) is 17.4 Å². The van der Waals surface area contributed by atoms with Crippen molar-refractivity contribution in [3.63, 3.8) is 0 Å². The number of benzene rings is 2. The van der Waals surface area contributed by atoms with E-state index in [0.29, 0.717) is 13.1 Å². The van der Waals surface area contributed by atoms with E-state index in [0.717, 1.165) is 42.9 Å². The lowest BCUT2D eigenvalue weighted by atomic mass is 9.97. The van der Waals surface area contributed by atoms with E-state index >= 15 is 0 Å². The van der Waals surface area contributed by atoms with Crippen LogP contribution in [0.1, 0.15) is 30.9 Å². The fourth-order valence-electron chi connectivity index (χ4n) is 3.96. The number of rotatable bonds is 6. The van der Waals surface area contributed by atoms with Crippen molar-refractivity contribution < 1.29 is 4.79 Å². The molecule has 6 heteroatoms. The van der Waals surface area contributed by atoms with Crippen molar-refractivity contribution in [2.75, 3.05) is 18.0 Å². The number of anilines is 1. The second-order valence-electron chi connectivity index (χ2n) is 7.95. The maximum atomic E-state index is 12.7. The Labute approximate surface area is 182 Å². The minimum Gasteiger partial charge on any atom is -0.354 e. The molecule has 1 saturated heterocycles. The zero-order valence-electron chi connectivity index (χ0n) is 17.8. The van der Waals surface area contributed by atoms with Gasteiger partial charge < -0.3 is 10.2 Å². The number of hydrogen-bond donors (Lipinski definition) is 1. The normalized spacial score (nSPS) is 16.2. The molecule has 1 aliphatic rings. The number of amides is 1. The molecule has 0 radical (unpaired) electrons. The highest BCUT2D eigenvalue weighted by Crippen LogP contribution is 2.22. The first kappa shape index (κ1) is 20.8. The third-order valence-electron chi connectivity index (χ3n) is 5.80. The Hall–Kier alpha value is -3.41. The predicted octanol–water partition coefficient (Wildman–Crippen LogP) is 3.33. The minimum absolute atomic E-state index is 0.0667. The van der Waals surface area contributed by atoms with Crippen LogP contribution >= 0.6 is 0 Å². The lowest BCUT2D eigenvalue weighted by Gasteiger charge is -2.33. The van der Waals surface area contributed by atoms with E-state index in [4.69, 9.17) is 0 Å². The fourth-order valence-corrected chi connectivity index (χ4v) is 3.96. The van der Waals surface area contributed by atoms with Gasteiger partial charge in [0, 0.05) is 25.7 Å². The van der Waals surface area contributed by atoms with Crippen LogP contribution in [-0.4, -0.2) is 28.8 Å². The molecule has 1 atom stereocenters. The van der Waals surface area contributed by atoms with E-state index in [1.165, 1.54) is 10.2 Å². The van der Waals surface area contributed by atoms with Gasteiger partial charge in [0.15, 0.2) is 0 Å². The molecule has 0 bridgehead atoms. The highest BCUT2D eigenvalue weighted by molar-refractivity contribution is 5.79. The van der Waals surface area contributed by atoms with Gasteiger partial charge in [-0.3, -0.25) is 9.59 Å². The number of aromatic nitrogens is 2. The average molecular weight is 417 g/mol. The lowest BCUT2D eigenvalue weighted by molar-refractivity contribution is -0.125. The van der Waals surface area contributed by atoms with Crippen molar-refractivity contribution in [2.45, 2.75) is 32.7 Å². The number of nitrogens with one attached hydrogen (secondary N) is 1. The summed E-state index contributed by atoms with van der Waals surface area (Å²) < 4.78 is 1.44. The van der Waals surface area contributed by atoms with Crippen molar-refractivity contribution >= 4 is 11.7 Å². The molecule has 1 aliphatic heterocycles. The molecule has 31 heavy (non-hydrogen) atoms. The molecule has 3 aromatic rings. The van der Waals surface area contributed by atoms with Gasteiger partial charge in [0.1, 0.15) is 5.82 Å². The summed E-state index contributed by atoms with van der Waals surface area (Å²) in [5.41, 5.74) is 2.89. The summed E-state index contributed by atoms with van der Waals surface area (Å²) in [7, 11) is 0. The molecule has 1 amide bonds. The number of hydrogen-bond acceptors (Lipinski definition) is 4. The molecule has 2 aromatic carbocycles. The van der Waals surface area contributed by atoms with Gasteiger partial charge in [0.25, 0.3) is 5.56 Å². The third-order valence-corrected chi connectivity index (χ3v) is 5.80. The summed E-state index contributed by atoms with van der Waals surface area (Å²) in [5, 5.41) is 7.66. The monoisotopic (exact) mass is 416 g/mol. The van der Waals surface area contributed by atoms with Gasteiger partial charge >= 0.3 is 0 Å². The molecule has 0 unspecified atom stereocenters. The summed E-state index contributed by atoms with van der Waals surface area (Å²) in [6.45, 7) is 4.05. The maximum absolute atomic E-state index is 12.7. The zero-order chi connectivity index (χ0) is 21.6. The molecular weight excluding hydrogens is 388 g/mol. The molecule has 160 valence electrons. The number of nitrogens with zero attached hydrogens (tertiary/aromatic N) is 3. The number of carbonyl (C=O) groups excluding carboxylic acids is 1. The Kier molecular flexibility index (Phi) is 6.46. The quantitative estimate of drug-likeness (QED) is 0.669. The Morgan fingerprint density at radius 2 is 1.81 bits per heavy atom. The standard InChI is InChI=1S/C25H28N4O2/c1-2-19-10-12-22(13-11-19)29-24(30)15-14-23(27-29)28-16-6-9-21(18-28)25(31)26-17-20-7-4-3-5-8-20/h3-5,7-8,10-15,21H,2,6,9,16-18H2,1H3,(H,26,31)/t21-/m0/s1. The topological polar surface area (TPSA) is 67.2 Å². The second-order valence-corrected chi connectivity index (χ2v) is 7.95. The minimum atomic E-state index is -0.165. The highest BCUT2D eigenvalue weighted by atomic mass is 16.2. The Balaban J connectivity index is 1.46. The SMILES string of the molecule is CCc1ccc(-n2nc(N3CCC[C@H](C(=O)NCc4ccccc4)C3)ccc2=O)cc1. The van der Waals surface area contributed by atoms with E-state index in [9.17, 15) is 9.59 Å². The van der Waals surface area contributed by atoms with Crippen LogP contribution in [0.4, 0.5) is 5.82 Å². The Morgan fingerprint density at radius 1 is 1.03 bits per heavy atom. The van der Waals surface area contributed by atoms with E-state index in [1.54, 1.807) is 12.1 Å². The molecule has 0 spiro atoms. The van der Waals surface area contributed by atoms with E-state index < -0.39 is 0 Å². The summed E-state index contributed by atoms with van der Waals surface area (Å²) in [4.78, 5) is 27.3. The van der Waals surface area contributed by atoms with Crippen LogP contribution < -0.4 is 15.8 Å². The van der Waals surface area contributed by atoms with Crippen LogP contribution in [0.15, 0.2) is 71.5 Å². The molecule has 1 fully saturated rings. The zero-order valence-corrected chi connectivity index (χ0v) is 17.8. The summed E-state index contributed by atoms with van der Waals surface area (Å²) in [6, 6.07) is 21.1. The molecule has 1 aromatic heterocycles. The van der Waals surface area contributed by atoms with Crippen LogP contribution in [0.5, 0.6) is 0 Å². The molecule has 0 saturated carbocycles. The van der Waals surface area contributed by atoms with Crippen LogP contribution in [0, 0.1) is 5.92 Å². The smallest absolute Gasteiger partial charge is 0.271 e. The van der Waals surface area contributed by atoms with Gasteiger partial charge in [-0.25, -0.2) is 0 Å². The van der Waals surface area contributed by atoms with Crippen molar-refractivity contribution in [3.8, 4) is 5.69 Å². The Bertz CT molecular complexity index is 1080. The van der Waals surface area contributed by atoms with Gasteiger partial charge in [-0.15, -0.1) is 5.10 Å². The first-order chi connectivity index (χ1) is 15.1. The molecule has 4 rings (SSSR count). The van der Waals surface area contributed by atoms with Gasteiger partial charge in [0.05, 0.1) is 11.6 Å². The fraction of sp³-hybridized carbons (Fsp3) is 0.320. The summed E-state index contributed by atoms with van der Waals surface area (Å²) in [6.07, 6.45) is 2.72. The van der Waals surface area contributed by atoms with Crippen LogP contribution in [0.2, 0.25) is 0 Å². The molecule has 6 nitrogen and oxygen atoms in total. The Morgan fingerprint density at radius 3 is 2.55 bits per heavy atom. The molecule has 1 N–H and O–H groups in total. The van der Waals surface area contributed by atoms with Gasteiger partial charge in [-0.1, -0.05) is 49.4 Å². The maximum Gasteiger partial charge on any atom is 0.271 e. The van der Waals surface area contributed by atoms with Crippen molar-refractivity contribution in [1.82, 2.24) is 15.1 Å². The highest BCUT2D eigenvalue weighted by Gasteiger charge is 2.26. The lowest BCUT2D eigenvalue weighted by Crippen LogP contribution is -2.43. The van der Waals surface area contributed by atoms with Crippen molar-refractivity contribution in [2.24, 2.45) is 5.92 Å². The van der Waals surface area contributed by atoms with E-state index in [1.807, 2.05) is 54.6 Å². The largest absolute Gasteiger partial charge is 0.354 e. The second kappa shape index (κ2) is 9.60. The first-order valence-electron chi connectivity index (χ1n) is 10.9. The average Bonchev–Trinajstić information content (AvgIpc) is 2.83.